The first-order chi connectivity index (χ1) is 10.1. The van der Waals surface area contributed by atoms with Gasteiger partial charge in [-0.05, 0) is 24.8 Å². The van der Waals surface area contributed by atoms with Crippen LogP contribution in [0.25, 0.3) is 0 Å². The van der Waals surface area contributed by atoms with Crippen LogP contribution in [0.3, 0.4) is 0 Å². The Balaban J connectivity index is 2.13. The van der Waals surface area contributed by atoms with Crippen LogP contribution in [0, 0.1) is 5.92 Å². The molecule has 1 fully saturated rings. The van der Waals surface area contributed by atoms with Gasteiger partial charge >= 0.3 is 0 Å². The number of carbonyl (C=O) groups is 1. The minimum Gasteiger partial charge on any atom is -0.380 e. The highest BCUT2D eigenvalue weighted by Crippen LogP contribution is 2.27. The number of rotatable bonds is 7. The van der Waals surface area contributed by atoms with Gasteiger partial charge in [-0.15, -0.1) is 0 Å². The van der Waals surface area contributed by atoms with Crippen molar-refractivity contribution in [1.82, 2.24) is 10.2 Å². The van der Waals surface area contributed by atoms with Gasteiger partial charge in [-0.2, -0.15) is 0 Å². The second-order valence-electron chi connectivity index (χ2n) is 5.89. The Morgan fingerprint density at radius 2 is 2.00 bits per heavy atom. The van der Waals surface area contributed by atoms with Crippen molar-refractivity contribution >= 4 is 5.91 Å². The molecule has 21 heavy (non-hydrogen) atoms. The highest BCUT2D eigenvalue weighted by atomic mass is 16.5. The van der Waals surface area contributed by atoms with Gasteiger partial charge in [-0.1, -0.05) is 44.2 Å². The Kier molecular flexibility index (Phi) is 5.76. The van der Waals surface area contributed by atoms with Crippen LogP contribution in [0.15, 0.2) is 30.3 Å². The fourth-order valence-electron chi connectivity index (χ4n) is 2.78. The molecule has 0 bridgehead atoms. The maximum absolute atomic E-state index is 12.6. The monoisotopic (exact) mass is 290 g/mol. The lowest BCUT2D eigenvalue weighted by atomic mass is 10.0. The van der Waals surface area contributed by atoms with Gasteiger partial charge in [0.1, 0.15) is 6.17 Å². The van der Waals surface area contributed by atoms with E-state index in [2.05, 4.69) is 31.3 Å². The van der Waals surface area contributed by atoms with Crippen molar-refractivity contribution in [2.24, 2.45) is 5.92 Å². The van der Waals surface area contributed by atoms with Gasteiger partial charge < -0.3 is 9.64 Å². The molecule has 116 valence electrons. The van der Waals surface area contributed by atoms with E-state index in [1.165, 1.54) is 0 Å². The molecule has 4 nitrogen and oxygen atoms in total. The van der Waals surface area contributed by atoms with Gasteiger partial charge in [-0.25, -0.2) is 0 Å². The van der Waals surface area contributed by atoms with Crippen molar-refractivity contribution in [2.75, 3.05) is 19.8 Å². The zero-order valence-corrected chi connectivity index (χ0v) is 13.2. The number of ether oxygens (including phenoxy) is 1. The number of nitrogens with one attached hydrogen (secondary N) is 1. The average molecular weight is 290 g/mol. The van der Waals surface area contributed by atoms with Crippen molar-refractivity contribution in [3.8, 4) is 0 Å². The van der Waals surface area contributed by atoms with Gasteiger partial charge in [-0.3, -0.25) is 10.1 Å². The fraction of sp³-hybridized carbons (Fsp3) is 0.588. The van der Waals surface area contributed by atoms with Crippen molar-refractivity contribution in [3.05, 3.63) is 35.9 Å². The summed E-state index contributed by atoms with van der Waals surface area (Å²) in [4.78, 5) is 14.5. The lowest BCUT2D eigenvalue weighted by Crippen LogP contribution is -2.34. The van der Waals surface area contributed by atoms with E-state index >= 15 is 0 Å². The molecule has 4 heteroatoms. The van der Waals surface area contributed by atoms with E-state index < -0.39 is 0 Å². The summed E-state index contributed by atoms with van der Waals surface area (Å²) in [5, 5.41) is 3.49. The molecule has 1 heterocycles. The number of amides is 1. The molecule has 2 rings (SSSR count). The number of hydrogen-bond acceptors (Lipinski definition) is 3. The Morgan fingerprint density at radius 1 is 1.29 bits per heavy atom. The molecule has 1 saturated heterocycles. The van der Waals surface area contributed by atoms with Crippen molar-refractivity contribution in [1.29, 1.82) is 0 Å². The number of carbonyl (C=O) groups excluding carboxylic acids is 1. The van der Waals surface area contributed by atoms with Gasteiger partial charge in [0.2, 0.25) is 5.91 Å². The molecule has 1 amide bonds. The molecule has 0 aliphatic carbocycles. The minimum atomic E-state index is -0.0863. The Hall–Kier alpha value is -1.39. The molecular formula is C17H26N2O2. The average Bonchev–Trinajstić information content (AvgIpc) is 2.77. The first kappa shape index (κ1) is 16.0. The molecule has 0 spiro atoms. The van der Waals surface area contributed by atoms with Gasteiger partial charge in [0.05, 0.1) is 12.6 Å². The molecule has 1 N–H and O–H groups in total. The Morgan fingerprint density at radius 3 is 2.62 bits per heavy atom. The standard InChI is InChI=1S/C17H26N2O2/c1-4-21-11-10-19-16(14-8-6-5-7-9-14)18-15(17(19)20)12-13(2)3/h5-9,13,15-16,18H,4,10-12H2,1-3H3. The van der Waals surface area contributed by atoms with Crippen molar-refractivity contribution in [2.45, 2.75) is 39.4 Å². The number of benzene rings is 1. The predicted molar refractivity (Wildman–Crippen MR) is 83.8 cm³/mol. The normalized spacial score (nSPS) is 22.3. The molecule has 0 saturated carbocycles. The first-order valence-electron chi connectivity index (χ1n) is 7.82. The number of hydrogen-bond donors (Lipinski definition) is 1. The Bertz CT molecular complexity index is 447. The number of nitrogens with zero attached hydrogens (tertiary/aromatic N) is 1. The highest BCUT2D eigenvalue weighted by molar-refractivity contribution is 5.84. The van der Waals surface area contributed by atoms with Crippen LogP contribution >= 0.6 is 0 Å². The predicted octanol–water partition coefficient (Wildman–Crippen LogP) is 2.57. The molecular weight excluding hydrogens is 264 g/mol. The van der Waals surface area contributed by atoms with Crippen LogP contribution in [-0.2, 0) is 9.53 Å². The molecule has 1 aromatic carbocycles. The van der Waals surface area contributed by atoms with Gasteiger partial charge in [0.15, 0.2) is 0 Å². The van der Waals surface area contributed by atoms with E-state index in [4.69, 9.17) is 4.74 Å². The summed E-state index contributed by atoms with van der Waals surface area (Å²) in [5.74, 6) is 0.687. The highest BCUT2D eigenvalue weighted by Gasteiger charge is 2.39. The lowest BCUT2D eigenvalue weighted by molar-refractivity contribution is -0.131. The topological polar surface area (TPSA) is 41.6 Å². The molecule has 1 aromatic rings. The Labute approximate surface area is 127 Å². The zero-order chi connectivity index (χ0) is 15.2. The molecule has 2 unspecified atom stereocenters. The summed E-state index contributed by atoms with van der Waals surface area (Å²) in [6.07, 6.45) is 0.829. The van der Waals surface area contributed by atoms with Crippen molar-refractivity contribution < 1.29 is 9.53 Å². The second-order valence-corrected chi connectivity index (χ2v) is 5.89. The van der Waals surface area contributed by atoms with Crippen LogP contribution in [-0.4, -0.2) is 36.6 Å². The van der Waals surface area contributed by atoms with Crippen LogP contribution in [0.2, 0.25) is 0 Å². The quantitative estimate of drug-likeness (QED) is 0.785. The van der Waals surface area contributed by atoms with E-state index in [9.17, 15) is 4.79 Å². The van der Waals surface area contributed by atoms with E-state index in [0.29, 0.717) is 25.7 Å². The van der Waals surface area contributed by atoms with E-state index in [0.717, 1.165) is 12.0 Å². The van der Waals surface area contributed by atoms with Crippen LogP contribution in [0.4, 0.5) is 0 Å². The zero-order valence-electron chi connectivity index (χ0n) is 13.2. The molecule has 1 aliphatic heterocycles. The summed E-state index contributed by atoms with van der Waals surface area (Å²) in [5.41, 5.74) is 1.13. The molecule has 2 atom stereocenters. The molecule has 0 radical (unpaired) electrons. The largest absolute Gasteiger partial charge is 0.380 e. The second kappa shape index (κ2) is 7.57. The fourth-order valence-corrected chi connectivity index (χ4v) is 2.78. The van der Waals surface area contributed by atoms with E-state index in [1.54, 1.807) is 0 Å². The summed E-state index contributed by atoms with van der Waals surface area (Å²) in [6.45, 7) is 8.17. The summed E-state index contributed by atoms with van der Waals surface area (Å²) >= 11 is 0. The maximum Gasteiger partial charge on any atom is 0.241 e. The summed E-state index contributed by atoms with van der Waals surface area (Å²) in [7, 11) is 0. The van der Waals surface area contributed by atoms with Crippen LogP contribution < -0.4 is 5.32 Å². The third kappa shape index (κ3) is 4.05. The molecule has 1 aliphatic rings. The van der Waals surface area contributed by atoms with Crippen LogP contribution in [0.5, 0.6) is 0 Å². The summed E-state index contributed by atoms with van der Waals surface area (Å²) < 4.78 is 5.42. The smallest absolute Gasteiger partial charge is 0.241 e. The van der Waals surface area contributed by atoms with Gasteiger partial charge in [0, 0.05) is 13.2 Å². The first-order valence-corrected chi connectivity index (χ1v) is 7.82. The third-order valence-electron chi connectivity index (χ3n) is 3.75. The maximum atomic E-state index is 12.6. The van der Waals surface area contributed by atoms with E-state index in [1.807, 2.05) is 30.0 Å². The summed E-state index contributed by atoms with van der Waals surface area (Å²) in [6, 6.07) is 10.1. The van der Waals surface area contributed by atoms with Crippen molar-refractivity contribution in [3.63, 3.8) is 0 Å². The lowest BCUT2D eigenvalue weighted by Gasteiger charge is -2.24. The SMILES string of the molecule is CCOCCN1C(=O)C(CC(C)C)NC1c1ccccc1. The minimum absolute atomic E-state index is 0.0390. The van der Waals surface area contributed by atoms with Crippen LogP contribution in [0.1, 0.15) is 38.9 Å². The molecule has 0 aromatic heterocycles. The third-order valence-corrected chi connectivity index (χ3v) is 3.75. The van der Waals surface area contributed by atoms with E-state index in [-0.39, 0.29) is 18.1 Å². The van der Waals surface area contributed by atoms with Gasteiger partial charge in [0.25, 0.3) is 0 Å².